The maximum absolute atomic E-state index is 13.4. The molecule has 1 saturated heterocycles. The molecule has 3 amide bonds. The van der Waals surface area contributed by atoms with E-state index in [2.05, 4.69) is 25.2 Å². The molecule has 4 unspecified atom stereocenters. The molecule has 0 aliphatic carbocycles. The number of nitrogens with two attached hydrogens (primary N) is 1. The van der Waals surface area contributed by atoms with Crippen LogP contribution < -0.4 is 20.5 Å². The van der Waals surface area contributed by atoms with Crippen LogP contribution in [0.1, 0.15) is 73.3 Å². The summed E-state index contributed by atoms with van der Waals surface area (Å²) < 4.78 is 28.3. The van der Waals surface area contributed by atoms with Gasteiger partial charge in [-0.2, -0.15) is 0 Å². The fourth-order valence-corrected chi connectivity index (χ4v) is 5.49. The summed E-state index contributed by atoms with van der Waals surface area (Å²) in [4.78, 5) is 39.9. The second kappa shape index (κ2) is 18.2. The summed E-state index contributed by atoms with van der Waals surface area (Å²) in [6.45, 7) is 15.2. The van der Waals surface area contributed by atoms with Crippen molar-refractivity contribution >= 4 is 17.9 Å². The van der Waals surface area contributed by atoms with E-state index in [0.29, 0.717) is 43.5 Å². The van der Waals surface area contributed by atoms with Gasteiger partial charge in [0.05, 0.1) is 37.9 Å². The van der Waals surface area contributed by atoms with Crippen molar-refractivity contribution in [3.63, 3.8) is 0 Å². The van der Waals surface area contributed by atoms with Crippen LogP contribution in [0.3, 0.4) is 0 Å². The molecule has 1 fully saturated rings. The average Bonchev–Trinajstić information content (AvgIpc) is 3.38. The highest BCUT2D eigenvalue weighted by atomic mass is 16.6. The molecule has 0 bridgehead atoms. The molecule has 1 aromatic carbocycles. The minimum absolute atomic E-state index is 0.00471. The molecule has 0 saturated carbocycles. The molecule has 1 aromatic rings. The summed E-state index contributed by atoms with van der Waals surface area (Å²) in [5.41, 5.74) is 5.75. The monoisotopic (exact) mass is 635 g/mol. The second-order valence-electron chi connectivity index (χ2n) is 13.2. The molecular weight excluding hydrogens is 578 g/mol. The third-order valence-electron chi connectivity index (χ3n) is 8.72. The second-order valence-corrected chi connectivity index (χ2v) is 13.2. The molecule has 0 radical (unpaired) electrons. The zero-order valence-electron chi connectivity index (χ0n) is 28.9. The lowest BCUT2D eigenvalue weighted by Gasteiger charge is -2.33. The van der Waals surface area contributed by atoms with Gasteiger partial charge in [0.2, 0.25) is 11.8 Å². The highest BCUT2D eigenvalue weighted by Crippen LogP contribution is 2.35. The van der Waals surface area contributed by atoms with Crippen LogP contribution in [-0.4, -0.2) is 82.3 Å². The number of hydrogen-bond acceptors (Lipinski definition) is 8. The van der Waals surface area contributed by atoms with E-state index in [1.807, 2.05) is 26.0 Å². The normalized spacial score (nSPS) is 18.2. The van der Waals surface area contributed by atoms with Gasteiger partial charge in [0.25, 0.3) is 0 Å². The van der Waals surface area contributed by atoms with Gasteiger partial charge in [-0.15, -0.1) is 0 Å². The van der Waals surface area contributed by atoms with Crippen LogP contribution in [0.2, 0.25) is 0 Å². The van der Waals surface area contributed by atoms with E-state index in [9.17, 15) is 14.4 Å². The van der Waals surface area contributed by atoms with Crippen molar-refractivity contribution in [1.82, 2.24) is 10.2 Å². The van der Waals surface area contributed by atoms with Gasteiger partial charge in [0.1, 0.15) is 6.73 Å². The maximum atomic E-state index is 13.4. The molecule has 1 aliphatic heterocycles. The molecular formula is C34H57N3O8. The number of carbonyl (C=O) groups excluding carboxylic acids is 3. The standard InChI is InChI=1S/C34H57N3O8/c1-10-43-33(40)37-21-45-29(19-26(23(4)5)31(38)36-20-34(6,7)32(35)39)27(37)18-25(22(2)3)16-24-12-13-28(42-9)30(17-24)44-15-11-14-41-8/h12-13,17,22-23,25-27,29H,10-11,14-16,18-21H2,1-9H3,(H2,35,39)(H,36,38). The number of rotatable bonds is 19. The van der Waals surface area contributed by atoms with Crippen molar-refractivity contribution in [3.8, 4) is 11.5 Å². The van der Waals surface area contributed by atoms with Crippen molar-refractivity contribution in [3.05, 3.63) is 23.8 Å². The number of ether oxygens (including phenoxy) is 5. The number of nitrogens with one attached hydrogen (secondary N) is 1. The third kappa shape index (κ3) is 11.4. The zero-order valence-corrected chi connectivity index (χ0v) is 28.9. The molecule has 1 heterocycles. The first-order valence-corrected chi connectivity index (χ1v) is 16.2. The Morgan fingerprint density at radius 2 is 1.78 bits per heavy atom. The average molecular weight is 636 g/mol. The molecule has 45 heavy (non-hydrogen) atoms. The van der Waals surface area contributed by atoms with E-state index >= 15 is 0 Å². The number of primary amides is 1. The van der Waals surface area contributed by atoms with E-state index in [4.69, 9.17) is 29.4 Å². The number of methoxy groups -OCH3 is 2. The molecule has 1 aliphatic rings. The van der Waals surface area contributed by atoms with E-state index in [-0.39, 0.29) is 55.7 Å². The summed E-state index contributed by atoms with van der Waals surface area (Å²) >= 11 is 0. The third-order valence-corrected chi connectivity index (χ3v) is 8.72. The van der Waals surface area contributed by atoms with Gasteiger partial charge in [-0.25, -0.2) is 4.79 Å². The number of nitrogens with zero attached hydrogens (tertiary/aromatic N) is 1. The van der Waals surface area contributed by atoms with Crippen molar-refractivity contribution in [1.29, 1.82) is 0 Å². The van der Waals surface area contributed by atoms with Crippen LogP contribution in [0, 0.1) is 29.1 Å². The van der Waals surface area contributed by atoms with Gasteiger partial charge in [-0.3, -0.25) is 14.5 Å². The van der Waals surface area contributed by atoms with Crippen LogP contribution in [0.5, 0.6) is 11.5 Å². The van der Waals surface area contributed by atoms with Crippen molar-refractivity contribution in [2.45, 2.75) is 86.3 Å². The van der Waals surface area contributed by atoms with E-state index < -0.39 is 17.4 Å². The van der Waals surface area contributed by atoms with Gasteiger partial charge in [-0.1, -0.05) is 33.8 Å². The lowest BCUT2D eigenvalue weighted by Crippen LogP contribution is -2.46. The predicted molar refractivity (Wildman–Crippen MR) is 173 cm³/mol. The van der Waals surface area contributed by atoms with Crippen molar-refractivity contribution < 1.29 is 38.1 Å². The van der Waals surface area contributed by atoms with Gasteiger partial charge < -0.3 is 34.7 Å². The zero-order chi connectivity index (χ0) is 33.7. The molecule has 2 rings (SSSR count). The highest BCUT2D eigenvalue weighted by Gasteiger charge is 2.43. The smallest absolute Gasteiger partial charge is 0.411 e. The quantitative estimate of drug-likeness (QED) is 0.207. The Bertz CT molecular complexity index is 1090. The topological polar surface area (TPSA) is 139 Å². The number of carbonyl (C=O) groups is 3. The van der Waals surface area contributed by atoms with Gasteiger partial charge in [0.15, 0.2) is 11.5 Å². The van der Waals surface area contributed by atoms with Crippen LogP contribution in [-0.2, 0) is 30.2 Å². The van der Waals surface area contributed by atoms with Crippen molar-refractivity contribution in [2.75, 3.05) is 47.3 Å². The summed E-state index contributed by atoms with van der Waals surface area (Å²) in [5, 5.41) is 2.93. The van der Waals surface area contributed by atoms with Gasteiger partial charge in [0, 0.05) is 32.6 Å². The highest BCUT2D eigenvalue weighted by molar-refractivity contribution is 5.83. The number of benzene rings is 1. The molecule has 4 atom stereocenters. The molecule has 256 valence electrons. The molecule has 11 nitrogen and oxygen atoms in total. The van der Waals surface area contributed by atoms with E-state index in [1.54, 1.807) is 39.9 Å². The number of hydrogen-bond donors (Lipinski definition) is 2. The van der Waals surface area contributed by atoms with Gasteiger partial charge in [-0.05, 0) is 75.5 Å². The predicted octanol–water partition coefficient (Wildman–Crippen LogP) is 4.79. The number of amides is 3. The summed E-state index contributed by atoms with van der Waals surface area (Å²) in [6.07, 6.45) is 1.83. The Labute approximate surface area is 269 Å². The molecule has 3 N–H and O–H groups in total. The summed E-state index contributed by atoms with van der Waals surface area (Å²) in [7, 11) is 3.29. The Morgan fingerprint density at radius 1 is 1.07 bits per heavy atom. The Kier molecular flexibility index (Phi) is 15.4. The minimum Gasteiger partial charge on any atom is -0.493 e. The first kappa shape index (κ1) is 38.1. The molecule has 0 spiro atoms. The molecule has 11 heteroatoms. The SMILES string of the molecule is CCOC(=O)N1COC(CC(C(=O)NCC(C)(C)C(N)=O)C(C)C)C1CC(Cc1ccc(OC)c(OCCCOC)c1)C(C)C. The fraction of sp³-hybridized carbons (Fsp3) is 0.735. The summed E-state index contributed by atoms with van der Waals surface area (Å²) in [5.74, 6) is 0.825. The Balaban J connectivity index is 2.29. The first-order chi connectivity index (χ1) is 21.2. The lowest BCUT2D eigenvalue weighted by atomic mass is 9.80. The molecule has 0 aromatic heterocycles. The fourth-order valence-electron chi connectivity index (χ4n) is 5.49. The minimum atomic E-state index is -0.870. The van der Waals surface area contributed by atoms with E-state index in [1.165, 1.54) is 0 Å². The lowest BCUT2D eigenvalue weighted by molar-refractivity contribution is -0.130. The Hall–Kier alpha value is -3.05. The Morgan fingerprint density at radius 3 is 2.36 bits per heavy atom. The van der Waals surface area contributed by atoms with Crippen LogP contribution >= 0.6 is 0 Å². The summed E-state index contributed by atoms with van der Waals surface area (Å²) in [6, 6.07) is 5.72. The van der Waals surface area contributed by atoms with Crippen LogP contribution in [0.15, 0.2) is 18.2 Å². The van der Waals surface area contributed by atoms with E-state index in [0.717, 1.165) is 18.4 Å². The van der Waals surface area contributed by atoms with Gasteiger partial charge >= 0.3 is 6.09 Å². The maximum Gasteiger partial charge on any atom is 0.411 e. The first-order valence-electron chi connectivity index (χ1n) is 16.2. The van der Waals surface area contributed by atoms with Crippen LogP contribution in [0.4, 0.5) is 4.79 Å². The van der Waals surface area contributed by atoms with Crippen LogP contribution in [0.25, 0.3) is 0 Å². The van der Waals surface area contributed by atoms with Crippen molar-refractivity contribution in [2.24, 2.45) is 34.8 Å². The largest absolute Gasteiger partial charge is 0.493 e.